The molecule has 32 nitrogen and oxygen atoms in total. The van der Waals surface area contributed by atoms with Crippen molar-refractivity contribution in [2.75, 3.05) is 63.9 Å². The molecule has 3 aromatic carbocycles. The number of aliphatic hydroxyl groups excluding tert-OH is 6. The first-order valence-corrected chi connectivity index (χ1v) is 34.3. The number of aromatic nitrogens is 2. The maximum absolute atomic E-state index is 15.0. The van der Waals surface area contributed by atoms with Crippen LogP contribution in [0.4, 0.5) is 10.5 Å². The number of alkyl carbamates (subject to hydrolysis) is 1. The Morgan fingerprint density at radius 2 is 1.41 bits per heavy atom. The second-order valence-corrected chi connectivity index (χ2v) is 27.1. The first-order valence-electron chi connectivity index (χ1n) is 32.8. The highest BCUT2D eigenvalue weighted by molar-refractivity contribution is 7.90. The lowest BCUT2D eigenvalue weighted by atomic mass is 9.86. The largest absolute Gasteiger partial charge is 0.504 e. The normalized spacial score (nSPS) is 27.2. The van der Waals surface area contributed by atoms with E-state index in [0.717, 1.165) is 72.2 Å². The fourth-order valence-corrected chi connectivity index (χ4v) is 14.1. The van der Waals surface area contributed by atoms with Crippen molar-refractivity contribution >= 4 is 76.8 Å². The highest BCUT2D eigenvalue weighted by Crippen LogP contribution is 2.35. The van der Waals surface area contributed by atoms with Crippen molar-refractivity contribution in [2.24, 2.45) is 11.8 Å². The van der Waals surface area contributed by atoms with Crippen LogP contribution in [0.15, 0.2) is 79.4 Å². The molecule has 9 rings (SSSR count). The minimum absolute atomic E-state index is 0.0197. The van der Waals surface area contributed by atoms with E-state index in [9.17, 15) is 69.3 Å². The quantitative estimate of drug-likeness (QED) is 0.0180. The van der Waals surface area contributed by atoms with Crippen LogP contribution in [0.3, 0.4) is 0 Å². The van der Waals surface area contributed by atoms with Crippen LogP contribution < -0.4 is 41.0 Å². The molecule has 5 heterocycles. The van der Waals surface area contributed by atoms with Crippen LogP contribution in [0.25, 0.3) is 21.1 Å². The second kappa shape index (κ2) is 34.8. The van der Waals surface area contributed by atoms with Crippen LogP contribution in [0.2, 0.25) is 0 Å². The molecule has 34 heteroatoms. The lowest BCUT2D eigenvalue weighted by Gasteiger charge is -2.42. The maximum atomic E-state index is 15.0. The summed E-state index contributed by atoms with van der Waals surface area (Å²) >= 11 is 1.40. The monoisotopic (exact) mass is 1420 g/mol. The van der Waals surface area contributed by atoms with E-state index in [-0.39, 0.29) is 42.4 Å². The van der Waals surface area contributed by atoms with Gasteiger partial charge in [0.1, 0.15) is 52.9 Å². The number of benzene rings is 3. The topological polar surface area (TPSA) is 446 Å². The Morgan fingerprint density at radius 1 is 0.768 bits per heavy atom. The van der Waals surface area contributed by atoms with Crippen LogP contribution in [-0.2, 0) is 49.3 Å². The van der Waals surface area contributed by atoms with Gasteiger partial charge in [0.15, 0.2) is 11.5 Å². The average molecular weight is 1420 g/mol. The number of nitrogens with one attached hydrogen (secondary N) is 6. The van der Waals surface area contributed by atoms with Crippen LogP contribution >= 0.6 is 23.7 Å². The van der Waals surface area contributed by atoms with Crippen LogP contribution in [0.5, 0.6) is 11.5 Å². The van der Waals surface area contributed by atoms with E-state index in [0.29, 0.717) is 21.6 Å². The van der Waals surface area contributed by atoms with E-state index < -0.39 is 177 Å². The molecule has 14 N–H and O–H groups in total. The van der Waals surface area contributed by atoms with Crippen molar-refractivity contribution < 1.29 is 97.7 Å². The van der Waals surface area contributed by atoms with E-state index in [1.54, 1.807) is 12.1 Å². The van der Waals surface area contributed by atoms with Gasteiger partial charge >= 0.3 is 6.09 Å². The number of rotatable bonds is 20. The van der Waals surface area contributed by atoms with Gasteiger partial charge in [-0.25, -0.2) is 10.1 Å². The molecule has 0 bridgehead atoms. The van der Waals surface area contributed by atoms with Crippen molar-refractivity contribution in [2.45, 2.75) is 151 Å². The number of anilines is 1. The minimum atomic E-state index is -2.18. The maximum Gasteiger partial charge on any atom is 0.407 e. The molecule has 4 aromatic rings. The van der Waals surface area contributed by atoms with E-state index >= 15 is 4.79 Å². The minimum Gasteiger partial charge on any atom is -0.504 e. The first-order chi connectivity index (χ1) is 47.4. The van der Waals surface area contributed by atoms with E-state index in [2.05, 4.69) is 86.9 Å². The molecule has 1 saturated carbocycles. The van der Waals surface area contributed by atoms with Crippen molar-refractivity contribution in [3.8, 4) is 32.6 Å². The summed E-state index contributed by atoms with van der Waals surface area (Å²) in [5, 5.41) is 117. The van der Waals surface area contributed by atoms with Gasteiger partial charge in [0.05, 0.1) is 36.6 Å². The molecule has 0 radical (unpaired) electrons. The number of nitrogens with zero attached hydrogens (tertiary/aromatic N) is 6. The number of aromatic hydroxyl groups is 1. The third-order valence-electron chi connectivity index (χ3n) is 18.6. The number of hydrogen-bond acceptors (Lipinski definition) is 26. The summed E-state index contributed by atoms with van der Waals surface area (Å²) in [5.41, 5.74) is 2.72. The standard InChI is InChI=1S/C65H86N12O20S2/c1-5-26-94-65(92)66-21-20-48(82)53-64(91)77-32-35(3)55(84)54(77)60(89)67-31-43(79)29-45(68-56(85)38-9-11-39(12-10-38)61-72-73-62(98-61)40-13-17-42(18-14-40)75-24-22-74(23-25-75)41-15-6-34(2)7-16-41)57(86)69-51(36(4)78)63(90)76-33-44(80)30-46(76)58(87)70-52(59(88)71-53)49(83)27-37-8-19-47(81)50(28-37)95-99-97-96-93/h5,8-14,17-19,28,34-36,41,43-46,48-49,51-55,78-84,93H,1,6-7,15-16,20-27,29-33H2,2-4H3,(H,66,92)(H,67,89)(H,68,85)(H,69,86)(H,70,87)(H,71,88)/t34?,35-,36+,41?,43+,44+,45+,46+,48-,49-,51+,52+,53+,54+,55+/m1/s1. The zero-order chi connectivity index (χ0) is 71.2. The number of phenolic OH excluding ortho intramolecular Hbond substituents is 1. The first kappa shape index (κ1) is 75.1. The number of ether oxygens (including phenoxy) is 1. The summed E-state index contributed by atoms with van der Waals surface area (Å²) in [5.74, 6) is -8.89. The van der Waals surface area contributed by atoms with Crippen molar-refractivity contribution in [1.29, 1.82) is 0 Å². The van der Waals surface area contributed by atoms with Gasteiger partial charge in [-0.15, -0.1) is 10.2 Å². The molecule has 99 heavy (non-hydrogen) atoms. The van der Waals surface area contributed by atoms with E-state index in [1.165, 1.54) is 68.2 Å². The molecular weight excluding hydrogens is 1330 g/mol. The van der Waals surface area contributed by atoms with Crippen molar-refractivity contribution in [3.63, 3.8) is 0 Å². The fraction of sp³-hybridized carbons (Fsp3) is 0.538. The molecule has 5 aliphatic rings. The van der Waals surface area contributed by atoms with Gasteiger partial charge in [-0.1, -0.05) is 65.4 Å². The predicted octanol–water partition coefficient (Wildman–Crippen LogP) is -0.108. The lowest BCUT2D eigenvalue weighted by Crippen LogP contribution is -2.64. The van der Waals surface area contributed by atoms with Crippen molar-refractivity contribution in [3.05, 3.63) is 90.5 Å². The van der Waals surface area contributed by atoms with Crippen molar-refractivity contribution in [1.82, 2.24) is 56.8 Å². The number of carbonyl (C=O) groups excluding carboxylic acids is 8. The third kappa shape index (κ3) is 19.2. The molecule has 0 unspecified atom stereocenters. The fourth-order valence-electron chi connectivity index (χ4n) is 13.0. The van der Waals surface area contributed by atoms with Crippen LogP contribution in [0.1, 0.15) is 81.6 Å². The molecular formula is C65H86N12O20S2. The lowest BCUT2D eigenvalue weighted by molar-refractivity contribution is -0.433. The van der Waals surface area contributed by atoms with Gasteiger partial charge < -0.3 is 91.3 Å². The molecule has 5 fully saturated rings. The molecule has 0 spiro atoms. The third-order valence-corrected chi connectivity index (χ3v) is 19.9. The molecule has 1 aliphatic carbocycles. The molecule has 4 saturated heterocycles. The van der Waals surface area contributed by atoms with Crippen LogP contribution in [-0.4, -0.2) is 251 Å². The Hall–Kier alpha value is -8.13. The summed E-state index contributed by atoms with van der Waals surface area (Å²) in [6.45, 7) is 10.1. The predicted molar refractivity (Wildman–Crippen MR) is 356 cm³/mol. The summed E-state index contributed by atoms with van der Waals surface area (Å²) in [7, 11) is 0. The summed E-state index contributed by atoms with van der Waals surface area (Å²) in [4.78, 5) is 122. The van der Waals surface area contributed by atoms with E-state index in [1.807, 2.05) is 12.1 Å². The van der Waals surface area contributed by atoms with Crippen LogP contribution in [0, 0.1) is 11.8 Å². The zero-order valence-electron chi connectivity index (χ0n) is 54.8. The van der Waals surface area contributed by atoms with Gasteiger partial charge in [-0.3, -0.25) is 38.5 Å². The van der Waals surface area contributed by atoms with Gasteiger partial charge in [-0.2, -0.15) is 0 Å². The smallest absolute Gasteiger partial charge is 0.407 e. The van der Waals surface area contributed by atoms with E-state index in [4.69, 9.17) is 14.2 Å². The SMILES string of the molecule is C=CCOC(=O)NCC[C@@H](O)[C@@H]1NC(=O)[C@H]([C@H](O)Cc2ccc(O)c(OSOOO)c2)NC(=O)[C@@H]2C[C@H](O)CN2C(=O)[C@H]([C@H](C)O)NC(=O)[C@@H](NC(=O)c2ccc(-c3nnc(-c4ccc(N5CCN(C6CCC(C)CC6)CC5)cc4)s3)cc2)C[C@H](O)CNC(=O)[C@@H]2[C@@H](O)[C@H](C)CN2C1=O. The Bertz CT molecular complexity index is 3470. The summed E-state index contributed by atoms with van der Waals surface area (Å²) in [6, 6.07) is 7.07. The molecule has 4 aliphatic heterocycles. The number of β-amino-alcohol motifs (C(OH)–C–C–N with tert-alkyl or cyclic N) is 1. The van der Waals surface area contributed by atoms with Gasteiger partial charge in [0.25, 0.3) is 18.2 Å². The molecule has 13 atom stereocenters. The Kier molecular flexibility index (Phi) is 26.4. The zero-order valence-corrected chi connectivity index (χ0v) is 56.4. The van der Waals surface area contributed by atoms with Gasteiger partial charge in [-0.05, 0) is 99.0 Å². The molecule has 8 amide bonds. The highest BCUT2D eigenvalue weighted by atomic mass is 32.2. The number of phenols is 1. The number of amides is 8. The number of hydrogen-bond donors (Lipinski definition) is 14. The number of piperazine rings is 1. The number of aliphatic hydroxyl groups is 6. The molecule has 538 valence electrons. The number of carbonyl (C=O) groups is 8. The van der Waals surface area contributed by atoms with Gasteiger partial charge in [0, 0.05) is 106 Å². The summed E-state index contributed by atoms with van der Waals surface area (Å²) < 4.78 is 14.3. The Labute approximate surface area is 578 Å². The number of fused-ring (bicyclic) bond motifs is 2. The highest BCUT2D eigenvalue weighted by Gasteiger charge is 2.50. The second-order valence-electron chi connectivity index (χ2n) is 25.7. The summed E-state index contributed by atoms with van der Waals surface area (Å²) in [6.07, 6.45) is -7.46. The average Bonchev–Trinajstić information content (AvgIpc) is 1.67. The van der Waals surface area contributed by atoms with Gasteiger partial charge in [0.2, 0.25) is 35.4 Å². The Balaban J connectivity index is 0.965. The molecule has 1 aromatic heterocycles. The Morgan fingerprint density at radius 3 is 2.07 bits per heavy atom.